The average molecular weight is 380 g/mol. The second kappa shape index (κ2) is 8.46. The van der Waals surface area contributed by atoms with E-state index in [1.54, 1.807) is 6.07 Å². The van der Waals surface area contributed by atoms with E-state index in [0.717, 1.165) is 35.6 Å². The van der Waals surface area contributed by atoms with Crippen LogP contribution >= 0.6 is 0 Å². The number of nitrogens with zero attached hydrogens (tertiary/aromatic N) is 2. The Morgan fingerprint density at radius 3 is 2.43 bits per heavy atom. The molecule has 2 aromatic carbocycles. The molecule has 0 spiro atoms. The lowest BCUT2D eigenvalue weighted by Gasteiger charge is -2.27. The Morgan fingerprint density at radius 1 is 1.11 bits per heavy atom. The summed E-state index contributed by atoms with van der Waals surface area (Å²) < 4.78 is 0. The van der Waals surface area contributed by atoms with Crippen molar-refractivity contribution in [1.29, 1.82) is 0 Å². The predicted molar refractivity (Wildman–Crippen MR) is 115 cm³/mol. The summed E-state index contributed by atoms with van der Waals surface area (Å²) in [4.78, 5) is 28.8. The predicted octanol–water partition coefficient (Wildman–Crippen LogP) is 4.47. The van der Waals surface area contributed by atoms with Crippen molar-refractivity contribution in [2.24, 2.45) is 0 Å². The van der Waals surface area contributed by atoms with Crippen molar-refractivity contribution in [2.45, 2.75) is 46.6 Å². The Balaban J connectivity index is 1.71. The smallest absolute Gasteiger partial charge is 0.255 e. The Labute approximate surface area is 167 Å². The van der Waals surface area contributed by atoms with Gasteiger partial charge in [0.15, 0.2) is 0 Å². The van der Waals surface area contributed by atoms with E-state index in [0.29, 0.717) is 24.6 Å². The zero-order valence-electron chi connectivity index (χ0n) is 17.2. The largest absolute Gasteiger partial charge is 0.369 e. The monoisotopic (exact) mass is 379 g/mol. The van der Waals surface area contributed by atoms with E-state index in [9.17, 15) is 9.59 Å². The summed E-state index contributed by atoms with van der Waals surface area (Å²) in [5.41, 5.74) is 4.53. The standard InChI is InChI=1S/C23H29N3O2/c1-5-22(27)26-14-13-17-15-18(7-12-21(17)26)23(28)24-19-8-10-20(11-9-19)25(6-2)16(3)4/h7-12,15-16H,5-6,13-14H2,1-4H3,(H,24,28). The van der Waals surface area contributed by atoms with Gasteiger partial charge < -0.3 is 15.1 Å². The van der Waals surface area contributed by atoms with Crippen LogP contribution in [0.15, 0.2) is 42.5 Å². The third-order valence-electron chi connectivity index (χ3n) is 5.26. The fourth-order valence-electron chi connectivity index (χ4n) is 3.78. The number of hydrogen-bond acceptors (Lipinski definition) is 3. The molecule has 0 bridgehead atoms. The highest BCUT2D eigenvalue weighted by Gasteiger charge is 2.24. The van der Waals surface area contributed by atoms with Crippen LogP contribution in [-0.4, -0.2) is 30.9 Å². The fourth-order valence-corrected chi connectivity index (χ4v) is 3.78. The molecule has 1 aliphatic heterocycles. The van der Waals surface area contributed by atoms with Gasteiger partial charge in [-0.25, -0.2) is 0 Å². The van der Waals surface area contributed by atoms with Crippen LogP contribution in [0.1, 0.15) is 50.0 Å². The molecule has 0 unspecified atom stereocenters. The van der Waals surface area contributed by atoms with Gasteiger partial charge in [-0.3, -0.25) is 9.59 Å². The minimum atomic E-state index is -0.132. The molecule has 1 N–H and O–H groups in total. The summed E-state index contributed by atoms with van der Waals surface area (Å²) in [5.74, 6) is -0.00872. The molecule has 0 radical (unpaired) electrons. The van der Waals surface area contributed by atoms with Gasteiger partial charge >= 0.3 is 0 Å². The van der Waals surface area contributed by atoms with Crippen molar-refractivity contribution < 1.29 is 9.59 Å². The molecule has 1 heterocycles. The number of nitrogens with one attached hydrogen (secondary N) is 1. The zero-order valence-corrected chi connectivity index (χ0v) is 17.2. The Kier molecular flexibility index (Phi) is 6.02. The van der Waals surface area contributed by atoms with Crippen molar-refractivity contribution >= 4 is 28.9 Å². The first-order valence-corrected chi connectivity index (χ1v) is 10.1. The first-order chi connectivity index (χ1) is 13.4. The summed E-state index contributed by atoms with van der Waals surface area (Å²) >= 11 is 0. The van der Waals surface area contributed by atoms with Crippen molar-refractivity contribution in [3.8, 4) is 0 Å². The Morgan fingerprint density at radius 2 is 1.82 bits per heavy atom. The van der Waals surface area contributed by atoms with Crippen LogP contribution in [0, 0.1) is 0 Å². The molecule has 0 fully saturated rings. The maximum absolute atomic E-state index is 12.7. The quantitative estimate of drug-likeness (QED) is 0.805. The van der Waals surface area contributed by atoms with E-state index >= 15 is 0 Å². The van der Waals surface area contributed by atoms with E-state index in [4.69, 9.17) is 0 Å². The number of rotatable bonds is 6. The average Bonchev–Trinajstić information content (AvgIpc) is 3.12. The molecule has 0 atom stereocenters. The molecule has 2 aromatic rings. The summed E-state index contributed by atoms with van der Waals surface area (Å²) in [6, 6.07) is 14.0. The molecular weight excluding hydrogens is 350 g/mol. The summed E-state index contributed by atoms with van der Waals surface area (Å²) in [6.45, 7) is 9.98. The van der Waals surface area contributed by atoms with Crippen molar-refractivity contribution in [2.75, 3.05) is 28.2 Å². The van der Waals surface area contributed by atoms with E-state index in [1.165, 1.54) is 0 Å². The Bertz CT molecular complexity index is 859. The topological polar surface area (TPSA) is 52.7 Å². The summed E-state index contributed by atoms with van der Waals surface area (Å²) in [7, 11) is 0. The normalized spacial score (nSPS) is 12.8. The third-order valence-corrected chi connectivity index (χ3v) is 5.26. The molecule has 148 valence electrons. The SMILES string of the molecule is CCC(=O)N1CCc2cc(C(=O)Nc3ccc(N(CC)C(C)C)cc3)ccc21. The van der Waals surface area contributed by atoms with Gasteiger partial charge in [-0.05, 0) is 75.2 Å². The van der Waals surface area contributed by atoms with Crippen LogP contribution in [0.5, 0.6) is 0 Å². The molecule has 2 amide bonds. The number of benzene rings is 2. The summed E-state index contributed by atoms with van der Waals surface area (Å²) in [6.07, 6.45) is 1.28. The molecule has 0 saturated carbocycles. The van der Waals surface area contributed by atoms with Crippen LogP contribution < -0.4 is 15.1 Å². The lowest BCUT2D eigenvalue weighted by atomic mass is 10.1. The first kappa shape index (κ1) is 19.9. The highest BCUT2D eigenvalue weighted by atomic mass is 16.2. The molecule has 3 rings (SSSR count). The van der Waals surface area contributed by atoms with Crippen molar-refractivity contribution in [3.05, 3.63) is 53.6 Å². The lowest BCUT2D eigenvalue weighted by molar-refractivity contribution is -0.118. The van der Waals surface area contributed by atoms with E-state index in [1.807, 2.05) is 48.2 Å². The van der Waals surface area contributed by atoms with E-state index in [-0.39, 0.29) is 11.8 Å². The second-order valence-corrected chi connectivity index (χ2v) is 7.37. The van der Waals surface area contributed by atoms with Crippen molar-refractivity contribution in [1.82, 2.24) is 0 Å². The minimum absolute atomic E-state index is 0.124. The van der Waals surface area contributed by atoms with E-state index in [2.05, 4.69) is 31.0 Å². The van der Waals surface area contributed by atoms with Crippen LogP contribution in [0.25, 0.3) is 0 Å². The minimum Gasteiger partial charge on any atom is -0.369 e. The maximum atomic E-state index is 12.7. The molecular formula is C23H29N3O2. The fraction of sp³-hybridized carbons (Fsp3) is 0.391. The zero-order chi connectivity index (χ0) is 20.3. The first-order valence-electron chi connectivity index (χ1n) is 10.1. The van der Waals surface area contributed by atoms with Crippen LogP contribution in [0.4, 0.5) is 17.1 Å². The highest BCUT2D eigenvalue weighted by Crippen LogP contribution is 2.29. The molecule has 5 heteroatoms. The second-order valence-electron chi connectivity index (χ2n) is 7.37. The lowest BCUT2D eigenvalue weighted by Crippen LogP contribution is -2.30. The van der Waals surface area contributed by atoms with Crippen LogP contribution in [-0.2, 0) is 11.2 Å². The highest BCUT2D eigenvalue weighted by molar-refractivity contribution is 6.05. The number of carbonyl (C=O) groups is 2. The van der Waals surface area contributed by atoms with Gasteiger partial charge in [-0.15, -0.1) is 0 Å². The van der Waals surface area contributed by atoms with Crippen LogP contribution in [0.3, 0.4) is 0 Å². The molecule has 1 aliphatic rings. The summed E-state index contributed by atoms with van der Waals surface area (Å²) in [5, 5.41) is 2.97. The number of carbonyl (C=O) groups excluding carboxylic acids is 2. The number of amides is 2. The molecule has 0 aliphatic carbocycles. The third kappa shape index (κ3) is 4.03. The molecule has 28 heavy (non-hydrogen) atoms. The van der Waals surface area contributed by atoms with Crippen molar-refractivity contribution in [3.63, 3.8) is 0 Å². The van der Waals surface area contributed by atoms with Gasteiger partial charge in [-0.1, -0.05) is 6.92 Å². The van der Waals surface area contributed by atoms with Gasteiger partial charge in [0.05, 0.1) is 0 Å². The number of fused-ring (bicyclic) bond motifs is 1. The van der Waals surface area contributed by atoms with Gasteiger partial charge in [0, 0.05) is 48.2 Å². The Hall–Kier alpha value is -2.82. The van der Waals surface area contributed by atoms with E-state index < -0.39 is 0 Å². The molecule has 0 saturated heterocycles. The number of hydrogen-bond donors (Lipinski definition) is 1. The molecule has 5 nitrogen and oxygen atoms in total. The van der Waals surface area contributed by atoms with Gasteiger partial charge in [-0.2, -0.15) is 0 Å². The van der Waals surface area contributed by atoms with Crippen LogP contribution in [0.2, 0.25) is 0 Å². The van der Waals surface area contributed by atoms with Gasteiger partial charge in [0.1, 0.15) is 0 Å². The van der Waals surface area contributed by atoms with Gasteiger partial charge in [0.25, 0.3) is 5.91 Å². The molecule has 0 aromatic heterocycles. The number of anilines is 3. The maximum Gasteiger partial charge on any atom is 0.255 e. The van der Waals surface area contributed by atoms with Gasteiger partial charge in [0.2, 0.25) is 5.91 Å².